The molecule has 1 saturated heterocycles. The van der Waals surface area contributed by atoms with Crippen molar-refractivity contribution in [2.75, 3.05) is 18.4 Å². The highest BCUT2D eigenvalue weighted by molar-refractivity contribution is 9.10. The summed E-state index contributed by atoms with van der Waals surface area (Å²) in [7, 11) is 0. The summed E-state index contributed by atoms with van der Waals surface area (Å²) >= 11 is 3.50. The van der Waals surface area contributed by atoms with Gasteiger partial charge in [0.1, 0.15) is 11.6 Å². The Labute approximate surface area is 151 Å². The van der Waals surface area contributed by atoms with E-state index < -0.39 is 0 Å². The van der Waals surface area contributed by atoms with E-state index >= 15 is 0 Å². The van der Waals surface area contributed by atoms with Gasteiger partial charge in [-0.15, -0.1) is 0 Å². The molecule has 0 amide bonds. The minimum absolute atomic E-state index is 0.521. The van der Waals surface area contributed by atoms with Crippen LogP contribution in [0.25, 0.3) is 0 Å². The van der Waals surface area contributed by atoms with E-state index in [9.17, 15) is 0 Å². The van der Waals surface area contributed by atoms with E-state index in [0.29, 0.717) is 12.0 Å². The van der Waals surface area contributed by atoms with Crippen LogP contribution in [0.3, 0.4) is 0 Å². The molecule has 126 valence electrons. The predicted octanol–water partition coefficient (Wildman–Crippen LogP) is 4.19. The summed E-state index contributed by atoms with van der Waals surface area (Å²) in [6, 6.07) is 11.2. The molecule has 4 nitrogen and oxygen atoms in total. The average Bonchev–Trinajstić information content (AvgIpc) is 3.44. The second-order valence-electron chi connectivity index (χ2n) is 6.90. The molecule has 0 atom stereocenters. The molecule has 0 radical (unpaired) electrons. The topological polar surface area (TPSA) is 41.0 Å². The first-order valence-corrected chi connectivity index (χ1v) is 9.62. The minimum Gasteiger partial charge on any atom is -0.367 e. The summed E-state index contributed by atoms with van der Waals surface area (Å²) < 4.78 is 1.14. The number of halogens is 1. The lowest BCUT2D eigenvalue weighted by molar-refractivity contribution is 0.211. The van der Waals surface area contributed by atoms with E-state index in [4.69, 9.17) is 0 Å². The standard InChI is InChI=1S/C19H23BrN4/c20-16-5-1-14(2-6-16)13-24-11-8-17(9-12-24)22-18-7-10-21-19(23-18)15-3-4-15/h1-2,5-7,10,15,17H,3-4,8-9,11-13H2,(H,21,22,23). The molecule has 0 bridgehead atoms. The molecule has 1 saturated carbocycles. The van der Waals surface area contributed by atoms with E-state index in [0.717, 1.165) is 35.7 Å². The van der Waals surface area contributed by atoms with Crippen LogP contribution >= 0.6 is 15.9 Å². The van der Waals surface area contributed by atoms with Gasteiger partial charge in [-0.2, -0.15) is 0 Å². The maximum absolute atomic E-state index is 4.68. The Hall–Kier alpha value is -1.46. The maximum atomic E-state index is 4.68. The van der Waals surface area contributed by atoms with Gasteiger partial charge in [0.15, 0.2) is 0 Å². The van der Waals surface area contributed by atoms with Gasteiger partial charge in [-0.1, -0.05) is 28.1 Å². The molecule has 5 heteroatoms. The lowest BCUT2D eigenvalue weighted by atomic mass is 10.0. The zero-order valence-corrected chi connectivity index (χ0v) is 15.4. The van der Waals surface area contributed by atoms with E-state index in [1.165, 1.54) is 31.2 Å². The average molecular weight is 387 g/mol. The second-order valence-corrected chi connectivity index (χ2v) is 7.81. The highest BCUT2D eigenvalue weighted by Crippen LogP contribution is 2.38. The van der Waals surface area contributed by atoms with Crippen molar-refractivity contribution in [3.05, 3.63) is 52.4 Å². The lowest BCUT2D eigenvalue weighted by Gasteiger charge is -2.32. The maximum Gasteiger partial charge on any atom is 0.133 e. The Morgan fingerprint density at radius 1 is 1.04 bits per heavy atom. The van der Waals surface area contributed by atoms with E-state index in [-0.39, 0.29) is 0 Å². The Bertz CT molecular complexity index is 676. The van der Waals surface area contributed by atoms with Gasteiger partial charge in [-0.05, 0) is 49.4 Å². The van der Waals surface area contributed by atoms with Crippen molar-refractivity contribution in [3.8, 4) is 0 Å². The first kappa shape index (κ1) is 16.0. The van der Waals surface area contributed by atoms with Crippen LogP contribution in [0.4, 0.5) is 5.82 Å². The number of rotatable bonds is 5. The van der Waals surface area contributed by atoms with E-state index in [2.05, 4.69) is 60.4 Å². The highest BCUT2D eigenvalue weighted by atomic mass is 79.9. The SMILES string of the molecule is Brc1ccc(CN2CCC(Nc3ccnc(C4CC4)n3)CC2)cc1. The van der Waals surface area contributed by atoms with Gasteiger partial charge in [0, 0.05) is 42.3 Å². The Kier molecular flexibility index (Phi) is 4.81. The minimum atomic E-state index is 0.521. The lowest BCUT2D eigenvalue weighted by Crippen LogP contribution is -2.38. The fraction of sp³-hybridized carbons (Fsp3) is 0.474. The molecule has 2 aromatic rings. The van der Waals surface area contributed by atoms with Crippen molar-refractivity contribution in [1.29, 1.82) is 0 Å². The molecule has 1 N–H and O–H groups in total. The van der Waals surface area contributed by atoms with Crippen molar-refractivity contribution in [2.24, 2.45) is 0 Å². The summed E-state index contributed by atoms with van der Waals surface area (Å²) in [5, 5.41) is 3.61. The molecule has 1 aliphatic heterocycles. The number of piperidine rings is 1. The summed E-state index contributed by atoms with van der Waals surface area (Å²) in [5.41, 5.74) is 1.38. The number of benzene rings is 1. The molecule has 1 aliphatic carbocycles. The molecule has 4 rings (SSSR count). The summed E-state index contributed by atoms with van der Waals surface area (Å²) in [6.07, 6.45) is 6.72. The fourth-order valence-electron chi connectivity index (χ4n) is 3.28. The van der Waals surface area contributed by atoms with Crippen LogP contribution in [-0.2, 0) is 6.54 Å². The number of aromatic nitrogens is 2. The number of hydrogen-bond acceptors (Lipinski definition) is 4. The number of nitrogens with one attached hydrogen (secondary N) is 1. The van der Waals surface area contributed by atoms with Crippen LogP contribution in [0, 0.1) is 0 Å². The van der Waals surface area contributed by atoms with Gasteiger partial charge >= 0.3 is 0 Å². The molecule has 1 aromatic carbocycles. The molecular weight excluding hydrogens is 364 g/mol. The molecule has 0 spiro atoms. The summed E-state index contributed by atoms with van der Waals surface area (Å²) in [6.45, 7) is 3.31. The Morgan fingerprint density at radius 2 is 1.79 bits per heavy atom. The molecule has 2 heterocycles. The van der Waals surface area contributed by atoms with Gasteiger partial charge < -0.3 is 5.32 Å². The van der Waals surface area contributed by atoms with E-state index in [1.54, 1.807) is 0 Å². The molecular formula is C19H23BrN4. The van der Waals surface area contributed by atoms with Crippen LogP contribution in [-0.4, -0.2) is 34.0 Å². The molecule has 2 aliphatic rings. The molecule has 2 fully saturated rings. The summed E-state index contributed by atoms with van der Waals surface area (Å²) in [5.74, 6) is 2.63. The van der Waals surface area contributed by atoms with Crippen molar-refractivity contribution >= 4 is 21.7 Å². The largest absolute Gasteiger partial charge is 0.367 e. The van der Waals surface area contributed by atoms with Crippen LogP contribution in [0.15, 0.2) is 41.0 Å². The second kappa shape index (κ2) is 7.19. The van der Waals surface area contributed by atoms with Crippen molar-refractivity contribution in [1.82, 2.24) is 14.9 Å². The summed E-state index contributed by atoms with van der Waals surface area (Å²) in [4.78, 5) is 11.6. The first-order valence-electron chi connectivity index (χ1n) is 8.82. The van der Waals surface area contributed by atoms with E-state index in [1.807, 2.05) is 12.3 Å². The van der Waals surface area contributed by atoms with Gasteiger partial charge in [0.05, 0.1) is 0 Å². The van der Waals surface area contributed by atoms with Crippen LogP contribution in [0.1, 0.15) is 43.0 Å². The van der Waals surface area contributed by atoms with Crippen LogP contribution in [0.2, 0.25) is 0 Å². The van der Waals surface area contributed by atoms with Crippen LogP contribution < -0.4 is 5.32 Å². The number of anilines is 1. The molecule has 0 unspecified atom stereocenters. The third-order valence-electron chi connectivity index (χ3n) is 4.88. The van der Waals surface area contributed by atoms with Crippen molar-refractivity contribution < 1.29 is 0 Å². The van der Waals surface area contributed by atoms with Crippen molar-refractivity contribution in [3.63, 3.8) is 0 Å². The fourth-order valence-corrected chi connectivity index (χ4v) is 3.55. The first-order chi connectivity index (χ1) is 11.8. The normalized spacial score (nSPS) is 19.4. The highest BCUT2D eigenvalue weighted by Gasteiger charge is 2.27. The monoisotopic (exact) mass is 386 g/mol. The van der Waals surface area contributed by atoms with Gasteiger partial charge in [0.25, 0.3) is 0 Å². The predicted molar refractivity (Wildman–Crippen MR) is 100 cm³/mol. The quantitative estimate of drug-likeness (QED) is 0.835. The van der Waals surface area contributed by atoms with Crippen molar-refractivity contribution in [2.45, 2.75) is 44.2 Å². The van der Waals surface area contributed by atoms with Crippen LogP contribution in [0.5, 0.6) is 0 Å². The third kappa shape index (κ3) is 4.14. The molecule has 24 heavy (non-hydrogen) atoms. The molecule has 1 aromatic heterocycles. The third-order valence-corrected chi connectivity index (χ3v) is 5.40. The Balaban J connectivity index is 1.28. The zero-order chi connectivity index (χ0) is 16.4. The number of nitrogens with zero attached hydrogens (tertiary/aromatic N) is 3. The Morgan fingerprint density at radius 3 is 2.50 bits per heavy atom. The van der Waals surface area contributed by atoms with Gasteiger partial charge in [-0.3, -0.25) is 4.90 Å². The zero-order valence-electron chi connectivity index (χ0n) is 13.8. The van der Waals surface area contributed by atoms with Gasteiger partial charge in [0.2, 0.25) is 0 Å². The number of likely N-dealkylation sites (tertiary alicyclic amines) is 1. The smallest absolute Gasteiger partial charge is 0.133 e. The number of hydrogen-bond donors (Lipinski definition) is 1. The van der Waals surface area contributed by atoms with Gasteiger partial charge in [-0.25, -0.2) is 9.97 Å².